The SMILES string of the molecule is CN1C(=O)CCc2cc(C(=O)Nc3cc(-c4cccnc4)[nH]n3)ccc21. The van der Waals surface area contributed by atoms with Crippen molar-refractivity contribution in [2.24, 2.45) is 0 Å². The first kappa shape index (κ1) is 16.0. The highest BCUT2D eigenvalue weighted by molar-refractivity contribution is 6.05. The zero-order valence-electron chi connectivity index (χ0n) is 14.2. The van der Waals surface area contributed by atoms with Gasteiger partial charge in [-0.1, -0.05) is 0 Å². The summed E-state index contributed by atoms with van der Waals surface area (Å²) in [5.41, 5.74) is 4.06. The van der Waals surface area contributed by atoms with Crippen molar-refractivity contribution in [3.8, 4) is 11.3 Å². The average Bonchev–Trinajstić information content (AvgIpc) is 3.14. The maximum atomic E-state index is 12.5. The number of carbonyl (C=O) groups excluding carboxylic acids is 2. The minimum absolute atomic E-state index is 0.0918. The number of carbonyl (C=O) groups is 2. The van der Waals surface area contributed by atoms with Crippen molar-refractivity contribution in [1.29, 1.82) is 0 Å². The fourth-order valence-electron chi connectivity index (χ4n) is 3.04. The van der Waals surface area contributed by atoms with Crippen molar-refractivity contribution in [1.82, 2.24) is 15.2 Å². The van der Waals surface area contributed by atoms with Crippen LogP contribution >= 0.6 is 0 Å². The maximum absolute atomic E-state index is 12.5. The van der Waals surface area contributed by atoms with Crippen LogP contribution in [-0.4, -0.2) is 34.0 Å². The van der Waals surface area contributed by atoms with E-state index in [9.17, 15) is 9.59 Å². The number of nitrogens with zero attached hydrogens (tertiary/aromatic N) is 3. The molecule has 130 valence electrons. The van der Waals surface area contributed by atoms with Gasteiger partial charge in [0.05, 0.1) is 5.69 Å². The minimum Gasteiger partial charge on any atom is -0.315 e. The number of fused-ring (bicyclic) bond motifs is 1. The summed E-state index contributed by atoms with van der Waals surface area (Å²) in [5, 5.41) is 9.81. The van der Waals surface area contributed by atoms with E-state index in [2.05, 4.69) is 20.5 Å². The molecular formula is C19H17N5O2. The Hall–Kier alpha value is -3.48. The first-order valence-corrected chi connectivity index (χ1v) is 8.28. The topological polar surface area (TPSA) is 91.0 Å². The molecule has 2 N–H and O–H groups in total. The molecule has 4 rings (SSSR count). The first-order chi connectivity index (χ1) is 12.6. The van der Waals surface area contributed by atoms with Crippen LogP contribution in [0.15, 0.2) is 48.8 Å². The van der Waals surface area contributed by atoms with Crippen molar-refractivity contribution in [3.63, 3.8) is 0 Å². The predicted molar refractivity (Wildman–Crippen MR) is 97.9 cm³/mol. The number of aromatic amines is 1. The third-order valence-corrected chi connectivity index (χ3v) is 4.48. The quantitative estimate of drug-likeness (QED) is 0.762. The molecule has 2 aromatic heterocycles. The van der Waals surface area contributed by atoms with Gasteiger partial charge >= 0.3 is 0 Å². The Morgan fingerprint density at radius 3 is 2.92 bits per heavy atom. The molecule has 2 amide bonds. The third-order valence-electron chi connectivity index (χ3n) is 4.48. The van der Waals surface area contributed by atoms with E-state index in [1.165, 1.54) is 0 Å². The smallest absolute Gasteiger partial charge is 0.256 e. The summed E-state index contributed by atoms with van der Waals surface area (Å²) in [7, 11) is 1.75. The molecule has 7 nitrogen and oxygen atoms in total. The molecular weight excluding hydrogens is 330 g/mol. The number of H-pyrrole nitrogens is 1. The monoisotopic (exact) mass is 347 g/mol. The van der Waals surface area contributed by atoms with Gasteiger partial charge in [-0.05, 0) is 42.3 Å². The number of aromatic nitrogens is 3. The third kappa shape index (κ3) is 2.95. The molecule has 3 aromatic rings. The number of pyridine rings is 1. The molecule has 0 unspecified atom stereocenters. The van der Waals surface area contributed by atoms with Crippen LogP contribution in [0, 0.1) is 0 Å². The van der Waals surface area contributed by atoms with Gasteiger partial charge in [-0.2, -0.15) is 5.10 Å². The predicted octanol–water partition coefficient (Wildman–Crippen LogP) is 2.63. The van der Waals surface area contributed by atoms with Gasteiger partial charge in [-0.3, -0.25) is 19.7 Å². The average molecular weight is 347 g/mol. The molecule has 0 aliphatic carbocycles. The van der Waals surface area contributed by atoms with Crippen LogP contribution in [0.4, 0.5) is 11.5 Å². The summed E-state index contributed by atoms with van der Waals surface area (Å²) in [6.45, 7) is 0. The van der Waals surface area contributed by atoms with Crippen LogP contribution < -0.4 is 10.2 Å². The summed E-state index contributed by atoms with van der Waals surface area (Å²) in [4.78, 5) is 30.0. The summed E-state index contributed by atoms with van der Waals surface area (Å²) >= 11 is 0. The Labute approximate surface area is 150 Å². The van der Waals surface area contributed by atoms with E-state index in [1.807, 2.05) is 24.3 Å². The fourth-order valence-corrected chi connectivity index (χ4v) is 3.04. The van der Waals surface area contributed by atoms with Gasteiger partial charge in [0.2, 0.25) is 5.91 Å². The standard InChI is InChI=1S/C19H17N5O2/c1-24-16-6-4-13(9-12(16)5-7-18(24)25)19(26)21-17-10-15(22-23-17)14-3-2-8-20-11-14/h2-4,6,8-11H,5,7H2,1H3,(H2,21,22,23,26). The lowest BCUT2D eigenvalue weighted by molar-refractivity contribution is -0.118. The van der Waals surface area contributed by atoms with Gasteiger partial charge in [0.1, 0.15) is 0 Å². The summed E-state index contributed by atoms with van der Waals surface area (Å²) < 4.78 is 0. The lowest BCUT2D eigenvalue weighted by Crippen LogP contribution is -2.31. The van der Waals surface area contributed by atoms with E-state index in [-0.39, 0.29) is 11.8 Å². The lowest BCUT2D eigenvalue weighted by Gasteiger charge is -2.25. The van der Waals surface area contributed by atoms with Crippen molar-refractivity contribution in [2.45, 2.75) is 12.8 Å². The highest BCUT2D eigenvalue weighted by Gasteiger charge is 2.22. The normalized spacial score (nSPS) is 13.4. The van der Waals surface area contributed by atoms with Gasteiger partial charge in [0.25, 0.3) is 5.91 Å². The van der Waals surface area contributed by atoms with E-state index in [0.717, 1.165) is 22.5 Å². The number of rotatable bonds is 3. The summed E-state index contributed by atoms with van der Waals surface area (Å²) in [6, 6.07) is 10.9. The Bertz CT molecular complexity index is 981. The van der Waals surface area contributed by atoms with E-state index in [0.29, 0.717) is 24.2 Å². The molecule has 0 spiro atoms. The molecule has 1 aromatic carbocycles. The number of benzene rings is 1. The van der Waals surface area contributed by atoms with Crippen molar-refractivity contribution < 1.29 is 9.59 Å². The van der Waals surface area contributed by atoms with E-state index >= 15 is 0 Å². The number of hydrogen-bond acceptors (Lipinski definition) is 4. The lowest BCUT2D eigenvalue weighted by atomic mass is 9.99. The Morgan fingerprint density at radius 1 is 1.23 bits per heavy atom. The molecule has 3 heterocycles. The zero-order valence-corrected chi connectivity index (χ0v) is 14.2. The van der Waals surface area contributed by atoms with Gasteiger partial charge in [-0.15, -0.1) is 0 Å². The van der Waals surface area contributed by atoms with Crippen molar-refractivity contribution in [2.75, 3.05) is 17.3 Å². The highest BCUT2D eigenvalue weighted by atomic mass is 16.2. The largest absolute Gasteiger partial charge is 0.315 e. The van der Waals surface area contributed by atoms with Crippen molar-refractivity contribution >= 4 is 23.3 Å². The molecule has 0 saturated heterocycles. The number of nitrogens with one attached hydrogen (secondary N) is 2. The summed E-state index contributed by atoms with van der Waals surface area (Å²) in [6.07, 6.45) is 4.53. The molecule has 0 bridgehead atoms. The van der Waals surface area contributed by atoms with E-state index in [4.69, 9.17) is 0 Å². The van der Waals surface area contributed by atoms with Gasteiger partial charge in [0.15, 0.2) is 5.82 Å². The second-order valence-electron chi connectivity index (χ2n) is 6.16. The second kappa shape index (κ2) is 6.44. The molecule has 0 radical (unpaired) electrons. The van der Waals surface area contributed by atoms with E-state index < -0.39 is 0 Å². The summed E-state index contributed by atoms with van der Waals surface area (Å²) in [5.74, 6) is 0.296. The Balaban J connectivity index is 1.52. The molecule has 0 saturated carbocycles. The van der Waals surface area contributed by atoms with Crippen molar-refractivity contribution in [3.05, 3.63) is 59.9 Å². The zero-order chi connectivity index (χ0) is 18.1. The van der Waals surface area contributed by atoms with E-state index in [1.54, 1.807) is 36.5 Å². The number of aryl methyl sites for hydroxylation is 1. The molecule has 26 heavy (non-hydrogen) atoms. The molecule has 0 fully saturated rings. The van der Waals surface area contributed by atoms with Crippen LogP contribution in [0.1, 0.15) is 22.3 Å². The number of hydrogen-bond donors (Lipinski definition) is 2. The maximum Gasteiger partial charge on any atom is 0.256 e. The van der Waals surface area contributed by atoms with Crippen LogP contribution in [0.3, 0.4) is 0 Å². The van der Waals surface area contributed by atoms with Gasteiger partial charge < -0.3 is 10.2 Å². The molecule has 1 aliphatic heterocycles. The molecule has 0 atom stereocenters. The van der Waals surface area contributed by atoms with Crippen LogP contribution in [0.5, 0.6) is 0 Å². The minimum atomic E-state index is -0.239. The molecule has 7 heteroatoms. The first-order valence-electron chi connectivity index (χ1n) is 8.28. The Kier molecular flexibility index (Phi) is 3.96. The molecule has 1 aliphatic rings. The second-order valence-corrected chi connectivity index (χ2v) is 6.16. The van der Waals surface area contributed by atoms with Crippen LogP contribution in [0.25, 0.3) is 11.3 Å². The fraction of sp³-hybridized carbons (Fsp3) is 0.158. The number of anilines is 2. The van der Waals surface area contributed by atoms with Crippen LogP contribution in [0.2, 0.25) is 0 Å². The van der Waals surface area contributed by atoms with Gasteiger partial charge in [-0.25, -0.2) is 0 Å². The highest BCUT2D eigenvalue weighted by Crippen LogP contribution is 2.28. The van der Waals surface area contributed by atoms with Gasteiger partial charge in [0, 0.05) is 48.7 Å². The van der Waals surface area contributed by atoms with Crippen LogP contribution in [-0.2, 0) is 11.2 Å². The number of amides is 2. The Morgan fingerprint density at radius 2 is 2.12 bits per heavy atom.